The number of amides is 2. The molecule has 0 saturated carbocycles. The Morgan fingerprint density at radius 1 is 1.13 bits per heavy atom. The number of anilines is 2. The molecule has 0 radical (unpaired) electrons. The van der Waals surface area contributed by atoms with E-state index in [0.29, 0.717) is 24.2 Å². The van der Waals surface area contributed by atoms with Gasteiger partial charge in [-0.25, -0.2) is 0 Å². The van der Waals surface area contributed by atoms with E-state index >= 15 is 0 Å². The highest BCUT2D eigenvalue weighted by Crippen LogP contribution is 2.25. The van der Waals surface area contributed by atoms with Crippen molar-refractivity contribution in [1.82, 2.24) is 0 Å². The second-order valence-corrected chi connectivity index (χ2v) is 3.72. The average Bonchev–Trinajstić information content (AvgIpc) is 2.44. The van der Waals surface area contributed by atoms with E-state index in [0.717, 1.165) is 5.56 Å². The third-order valence-corrected chi connectivity index (χ3v) is 2.39. The highest BCUT2D eigenvalue weighted by molar-refractivity contribution is 6.19. The van der Waals surface area contributed by atoms with Crippen LogP contribution in [0.1, 0.15) is 18.4 Å². The Bertz CT molecular complexity index is 404. The van der Waals surface area contributed by atoms with E-state index in [4.69, 9.17) is 5.73 Å². The van der Waals surface area contributed by atoms with Crippen LogP contribution in [0.3, 0.4) is 0 Å². The number of benzene rings is 1. The molecule has 1 aliphatic heterocycles. The number of aryl methyl sites for hydroxylation is 1. The number of nitrogens with two attached hydrogens (primary N) is 1. The number of imide groups is 1. The van der Waals surface area contributed by atoms with Crippen molar-refractivity contribution in [3.05, 3.63) is 23.8 Å². The third kappa shape index (κ3) is 1.70. The standard InChI is InChI=1S/C11H12N2O2/c1-7-4-8(12)6-9(5-7)13-10(14)2-3-11(13)15/h4-6H,2-3,12H2,1H3. The van der Waals surface area contributed by atoms with Crippen molar-refractivity contribution in [2.75, 3.05) is 10.6 Å². The van der Waals surface area contributed by atoms with Crippen molar-refractivity contribution in [3.8, 4) is 0 Å². The van der Waals surface area contributed by atoms with E-state index in [1.807, 2.05) is 6.92 Å². The molecule has 1 aliphatic rings. The van der Waals surface area contributed by atoms with Gasteiger partial charge < -0.3 is 5.73 Å². The monoisotopic (exact) mass is 204 g/mol. The van der Waals surface area contributed by atoms with Gasteiger partial charge in [0.1, 0.15) is 0 Å². The van der Waals surface area contributed by atoms with Gasteiger partial charge in [0.15, 0.2) is 0 Å². The fourth-order valence-electron chi connectivity index (χ4n) is 1.79. The molecule has 0 atom stereocenters. The molecule has 1 saturated heterocycles. The van der Waals surface area contributed by atoms with Gasteiger partial charge in [0.2, 0.25) is 11.8 Å². The zero-order valence-electron chi connectivity index (χ0n) is 8.49. The molecular weight excluding hydrogens is 192 g/mol. The Balaban J connectivity index is 2.44. The molecule has 0 unspecified atom stereocenters. The Morgan fingerprint density at radius 3 is 2.27 bits per heavy atom. The summed E-state index contributed by atoms with van der Waals surface area (Å²) >= 11 is 0. The molecule has 15 heavy (non-hydrogen) atoms. The van der Waals surface area contributed by atoms with Gasteiger partial charge in [0.05, 0.1) is 5.69 Å². The maximum atomic E-state index is 11.5. The van der Waals surface area contributed by atoms with E-state index in [1.54, 1.807) is 18.2 Å². The predicted octanol–water partition coefficient (Wildman–Crippen LogP) is 1.23. The molecule has 1 aromatic rings. The average molecular weight is 204 g/mol. The molecule has 1 aromatic carbocycles. The fourth-order valence-corrected chi connectivity index (χ4v) is 1.79. The zero-order chi connectivity index (χ0) is 11.0. The molecule has 78 valence electrons. The van der Waals surface area contributed by atoms with E-state index < -0.39 is 0 Å². The van der Waals surface area contributed by atoms with Crippen LogP contribution in [0.2, 0.25) is 0 Å². The largest absolute Gasteiger partial charge is 0.399 e. The second-order valence-electron chi connectivity index (χ2n) is 3.72. The summed E-state index contributed by atoms with van der Waals surface area (Å²) in [5, 5.41) is 0. The Labute approximate surface area is 87.7 Å². The molecule has 1 fully saturated rings. The van der Waals surface area contributed by atoms with Crippen LogP contribution in [-0.2, 0) is 9.59 Å². The van der Waals surface area contributed by atoms with Crippen molar-refractivity contribution in [2.24, 2.45) is 0 Å². The Kier molecular flexibility index (Phi) is 2.19. The van der Waals surface area contributed by atoms with Crippen molar-refractivity contribution in [3.63, 3.8) is 0 Å². The van der Waals surface area contributed by atoms with Gasteiger partial charge >= 0.3 is 0 Å². The van der Waals surface area contributed by atoms with Crippen LogP contribution in [0.4, 0.5) is 11.4 Å². The number of nitrogen functional groups attached to an aromatic ring is 1. The lowest BCUT2D eigenvalue weighted by atomic mass is 10.2. The molecule has 0 spiro atoms. The molecule has 4 heteroatoms. The van der Waals surface area contributed by atoms with E-state index in [9.17, 15) is 9.59 Å². The first kappa shape index (κ1) is 9.71. The lowest BCUT2D eigenvalue weighted by Crippen LogP contribution is -2.28. The number of hydrogen-bond acceptors (Lipinski definition) is 3. The predicted molar refractivity (Wildman–Crippen MR) is 57.3 cm³/mol. The Hall–Kier alpha value is -1.84. The van der Waals surface area contributed by atoms with E-state index in [1.165, 1.54) is 4.90 Å². The summed E-state index contributed by atoms with van der Waals surface area (Å²) in [6.45, 7) is 1.88. The summed E-state index contributed by atoms with van der Waals surface area (Å²) in [7, 11) is 0. The van der Waals surface area contributed by atoms with Crippen LogP contribution in [0.25, 0.3) is 0 Å². The zero-order valence-corrected chi connectivity index (χ0v) is 8.49. The minimum atomic E-state index is -0.148. The molecule has 4 nitrogen and oxygen atoms in total. The molecular formula is C11H12N2O2. The van der Waals surface area contributed by atoms with Gasteiger partial charge in [-0.1, -0.05) is 0 Å². The number of carbonyl (C=O) groups is 2. The normalized spacial score (nSPS) is 16.2. The van der Waals surface area contributed by atoms with Gasteiger partial charge in [-0.3, -0.25) is 14.5 Å². The molecule has 2 amide bonds. The highest BCUT2D eigenvalue weighted by atomic mass is 16.2. The maximum Gasteiger partial charge on any atom is 0.234 e. The minimum absolute atomic E-state index is 0.148. The quantitative estimate of drug-likeness (QED) is 0.552. The molecule has 0 aromatic heterocycles. The molecule has 0 aliphatic carbocycles. The number of hydrogen-bond donors (Lipinski definition) is 1. The number of nitrogens with zero attached hydrogens (tertiary/aromatic N) is 1. The van der Waals surface area contributed by atoms with E-state index in [2.05, 4.69) is 0 Å². The molecule has 2 N–H and O–H groups in total. The summed E-state index contributed by atoms with van der Waals surface area (Å²) in [5.74, 6) is -0.296. The first-order chi connectivity index (χ1) is 7.08. The maximum absolute atomic E-state index is 11.5. The lowest BCUT2D eigenvalue weighted by molar-refractivity contribution is -0.121. The fraction of sp³-hybridized carbons (Fsp3) is 0.273. The van der Waals surface area contributed by atoms with Gasteiger partial charge in [-0.2, -0.15) is 0 Å². The van der Waals surface area contributed by atoms with Crippen LogP contribution < -0.4 is 10.6 Å². The summed E-state index contributed by atoms with van der Waals surface area (Å²) < 4.78 is 0. The summed E-state index contributed by atoms with van der Waals surface area (Å²) in [4.78, 5) is 24.2. The topological polar surface area (TPSA) is 63.4 Å². The highest BCUT2D eigenvalue weighted by Gasteiger charge is 2.30. The SMILES string of the molecule is Cc1cc(N)cc(N2C(=O)CCC2=O)c1. The first-order valence-electron chi connectivity index (χ1n) is 4.81. The number of rotatable bonds is 1. The van der Waals surface area contributed by atoms with Crippen molar-refractivity contribution >= 4 is 23.2 Å². The molecule has 1 heterocycles. The van der Waals surface area contributed by atoms with Crippen LogP contribution >= 0.6 is 0 Å². The van der Waals surface area contributed by atoms with Crippen molar-refractivity contribution in [2.45, 2.75) is 19.8 Å². The smallest absolute Gasteiger partial charge is 0.234 e. The summed E-state index contributed by atoms with van der Waals surface area (Å²) in [6, 6.07) is 5.24. The minimum Gasteiger partial charge on any atom is -0.399 e. The van der Waals surface area contributed by atoms with Crippen LogP contribution in [-0.4, -0.2) is 11.8 Å². The van der Waals surface area contributed by atoms with Gasteiger partial charge in [0.25, 0.3) is 0 Å². The van der Waals surface area contributed by atoms with Crippen LogP contribution in [0.15, 0.2) is 18.2 Å². The van der Waals surface area contributed by atoms with Crippen LogP contribution in [0.5, 0.6) is 0 Å². The van der Waals surface area contributed by atoms with E-state index in [-0.39, 0.29) is 11.8 Å². The van der Waals surface area contributed by atoms with Gasteiger partial charge in [-0.15, -0.1) is 0 Å². The van der Waals surface area contributed by atoms with Crippen molar-refractivity contribution < 1.29 is 9.59 Å². The van der Waals surface area contributed by atoms with Crippen molar-refractivity contribution in [1.29, 1.82) is 0 Å². The molecule has 2 rings (SSSR count). The number of carbonyl (C=O) groups excluding carboxylic acids is 2. The van der Waals surface area contributed by atoms with Crippen LogP contribution in [0, 0.1) is 6.92 Å². The lowest BCUT2D eigenvalue weighted by Gasteiger charge is -2.14. The second kappa shape index (κ2) is 3.38. The Morgan fingerprint density at radius 2 is 1.73 bits per heavy atom. The first-order valence-corrected chi connectivity index (χ1v) is 4.81. The van der Waals surface area contributed by atoms with Gasteiger partial charge in [-0.05, 0) is 30.7 Å². The summed E-state index contributed by atoms with van der Waals surface area (Å²) in [6.07, 6.45) is 0.597. The molecule has 0 bridgehead atoms. The van der Waals surface area contributed by atoms with Gasteiger partial charge in [0, 0.05) is 18.5 Å². The summed E-state index contributed by atoms with van der Waals surface area (Å²) in [5.41, 5.74) is 7.76. The third-order valence-electron chi connectivity index (χ3n) is 2.39.